The first-order valence-electron chi connectivity index (χ1n) is 12.7. The lowest BCUT2D eigenvalue weighted by Gasteiger charge is -2.62. The van der Waals surface area contributed by atoms with Gasteiger partial charge in [-0.05, 0) is 43.9 Å². The predicted molar refractivity (Wildman–Crippen MR) is 129 cm³/mol. The Morgan fingerprint density at radius 2 is 1.72 bits per heavy atom. The fourth-order valence-electron chi connectivity index (χ4n) is 6.99. The van der Waals surface area contributed by atoms with Crippen LogP contribution in [0.15, 0.2) is 23.8 Å². The molecule has 8 N–H and O–H groups in total. The quantitative estimate of drug-likeness (QED) is 0.191. The maximum atomic E-state index is 11.0. The van der Waals surface area contributed by atoms with E-state index in [2.05, 4.69) is 6.58 Å². The smallest absolute Gasteiger partial charge is 0.187 e. The molecule has 0 bridgehead atoms. The van der Waals surface area contributed by atoms with Gasteiger partial charge >= 0.3 is 0 Å². The second kappa shape index (κ2) is 11.4. The Labute approximate surface area is 212 Å². The van der Waals surface area contributed by atoms with Gasteiger partial charge in [0.2, 0.25) is 0 Å². The van der Waals surface area contributed by atoms with Crippen LogP contribution in [0.25, 0.3) is 0 Å². The molecule has 12 atom stereocenters. The maximum absolute atomic E-state index is 11.0. The number of rotatable bonds is 8. The molecule has 3 rings (SSSR count). The van der Waals surface area contributed by atoms with Gasteiger partial charge in [0, 0.05) is 11.3 Å². The van der Waals surface area contributed by atoms with Crippen LogP contribution in [-0.4, -0.2) is 110 Å². The van der Waals surface area contributed by atoms with Crippen molar-refractivity contribution in [3.63, 3.8) is 0 Å². The standard InChI is InChI=1S/C26H44O10/c1-13(7-8-35-24-21(33)20(32)19(31)18(11-27)36-24)5-6-15-14(2)9-16(29)22-25(15,3)10-17(30)23(34)26(22,4)12-28/h7,15-24,27-34H,2,5-6,8-12H2,1,3-4H3. The Morgan fingerprint density at radius 1 is 1.06 bits per heavy atom. The number of allylic oxidation sites excluding steroid dienone is 1. The first-order chi connectivity index (χ1) is 16.8. The maximum Gasteiger partial charge on any atom is 0.187 e. The van der Waals surface area contributed by atoms with Crippen LogP contribution in [0, 0.1) is 22.7 Å². The summed E-state index contributed by atoms with van der Waals surface area (Å²) in [5.74, 6) is -0.462. The number of aliphatic hydroxyl groups excluding tert-OH is 8. The average molecular weight is 517 g/mol. The number of fused-ring (bicyclic) bond motifs is 1. The van der Waals surface area contributed by atoms with Gasteiger partial charge in [-0.1, -0.05) is 37.6 Å². The Bertz CT molecular complexity index is 802. The molecule has 208 valence electrons. The molecule has 10 heteroatoms. The molecule has 0 amide bonds. The van der Waals surface area contributed by atoms with E-state index in [9.17, 15) is 40.9 Å². The highest BCUT2D eigenvalue weighted by atomic mass is 16.7. The molecule has 1 saturated heterocycles. The van der Waals surface area contributed by atoms with Gasteiger partial charge in [0.25, 0.3) is 0 Å². The molecule has 0 aromatic carbocycles. The van der Waals surface area contributed by atoms with Gasteiger partial charge in [0.15, 0.2) is 6.29 Å². The molecule has 2 aliphatic carbocycles. The first kappa shape index (κ1) is 29.6. The highest BCUT2D eigenvalue weighted by Gasteiger charge is 2.63. The Balaban J connectivity index is 1.66. The van der Waals surface area contributed by atoms with Crippen molar-refractivity contribution in [1.29, 1.82) is 0 Å². The van der Waals surface area contributed by atoms with Crippen LogP contribution in [0.1, 0.15) is 46.5 Å². The van der Waals surface area contributed by atoms with E-state index in [1.807, 2.05) is 19.9 Å². The van der Waals surface area contributed by atoms with Crippen molar-refractivity contribution in [2.24, 2.45) is 22.7 Å². The lowest BCUT2D eigenvalue weighted by atomic mass is 9.44. The monoisotopic (exact) mass is 516 g/mol. The van der Waals surface area contributed by atoms with Crippen molar-refractivity contribution in [1.82, 2.24) is 0 Å². The molecule has 0 aromatic heterocycles. The third kappa shape index (κ3) is 5.31. The SMILES string of the molecule is C=C1CC(O)C2C(C)(CC(O)C(O)C2(C)CO)C1CCC(C)=CCOC1OC(CO)C(O)C(O)C1O. The molecule has 1 heterocycles. The first-order valence-corrected chi connectivity index (χ1v) is 12.7. The van der Waals surface area contributed by atoms with Crippen molar-refractivity contribution < 1.29 is 50.3 Å². The summed E-state index contributed by atoms with van der Waals surface area (Å²) in [6.07, 6.45) is -5.74. The number of aliphatic hydroxyl groups is 8. The summed E-state index contributed by atoms with van der Waals surface area (Å²) < 4.78 is 10.9. The van der Waals surface area contributed by atoms with E-state index >= 15 is 0 Å². The minimum absolute atomic E-state index is 0.0476. The van der Waals surface area contributed by atoms with E-state index < -0.39 is 72.4 Å². The molecular formula is C26H44O10. The topological polar surface area (TPSA) is 180 Å². The van der Waals surface area contributed by atoms with E-state index in [-0.39, 0.29) is 25.6 Å². The summed E-state index contributed by atoms with van der Waals surface area (Å²) in [7, 11) is 0. The van der Waals surface area contributed by atoms with Gasteiger partial charge in [-0.2, -0.15) is 0 Å². The molecule has 2 saturated carbocycles. The van der Waals surface area contributed by atoms with Gasteiger partial charge in [0.1, 0.15) is 24.4 Å². The summed E-state index contributed by atoms with van der Waals surface area (Å²) in [5.41, 5.74) is 0.253. The third-order valence-corrected chi connectivity index (χ3v) is 8.96. The van der Waals surface area contributed by atoms with Gasteiger partial charge in [-0.15, -0.1) is 0 Å². The minimum Gasteiger partial charge on any atom is -0.396 e. The normalized spacial score (nSPS) is 48.1. The third-order valence-electron chi connectivity index (χ3n) is 8.96. The Hall–Kier alpha value is -0.920. The lowest BCUT2D eigenvalue weighted by molar-refractivity contribution is -0.298. The van der Waals surface area contributed by atoms with Gasteiger partial charge < -0.3 is 50.3 Å². The Kier molecular flexibility index (Phi) is 9.42. The van der Waals surface area contributed by atoms with Crippen molar-refractivity contribution in [2.45, 2.75) is 95.5 Å². The van der Waals surface area contributed by atoms with Crippen LogP contribution in [0.5, 0.6) is 0 Å². The van der Waals surface area contributed by atoms with E-state index in [0.29, 0.717) is 19.3 Å². The molecule has 36 heavy (non-hydrogen) atoms. The number of hydrogen-bond donors (Lipinski definition) is 8. The van der Waals surface area contributed by atoms with Crippen LogP contribution >= 0.6 is 0 Å². The summed E-state index contributed by atoms with van der Waals surface area (Å²) in [6.45, 7) is 9.06. The zero-order chi connectivity index (χ0) is 27.0. The molecule has 3 fully saturated rings. The second-order valence-electron chi connectivity index (χ2n) is 11.5. The average Bonchev–Trinajstić information content (AvgIpc) is 2.81. The zero-order valence-electron chi connectivity index (χ0n) is 21.4. The fraction of sp³-hybridized carbons (Fsp3) is 0.846. The zero-order valence-corrected chi connectivity index (χ0v) is 21.4. The molecule has 0 spiro atoms. The highest BCUT2D eigenvalue weighted by molar-refractivity contribution is 5.21. The van der Waals surface area contributed by atoms with Gasteiger partial charge in [-0.25, -0.2) is 0 Å². The lowest BCUT2D eigenvalue weighted by Crippen LogP contribution is -2.65. The molecule has 0 aromatic rings. The largest absolute Gasteiger partial charge is 0.396 e. The van der Waals surface area contributed by atoms with E-state index in [4.69, 9.17) is 9.47 Å². The highest BCUT2D eigenvalue weighted by Crippen LogP contribution is 2.61. The van der Waals surface area contributed by atoms with Crippen molar-refractivity contribution >= 4 is 0 Å². The summed E-state index contributed by atoms with van der Waals surface area (Å²) in [4.78, 5) is 0. The van der Waals surface area contributed by atoms with Crippen LogP contribution in [0.2, 0.25) is 0 Å². The van der Waals surface area contributed by atoms with E-state index in [0.717, 1.165) is 11.1 Å². The van der Waals surface area contributed by atoms with Crippen LogP contribution in [-0.2, 0) is 9.47 Å². The van der Waals surface area contributed by atoms with Gasteiger partial charge in [-0.3, -0.25) is 0 Å². The molecule has 10 nitrogen and oxygen atoms in total. The Morgan fingerprint density at radius 3 is 2.33 bits per heavy atom. The van der Waals surface area contributed by atoms with Crippen LogP contribution in [0.3, 0.4) is 0 Å². The van der Waals surface area contributed by atoms with Crippen molar-refractivity contribution in [3.05, 3.63) is 23.8 Å². The molecule has 3 aliphatic rings. The molecule has 1 aliphatic heterocycles. The molecule has 0 radical (unpaired) electrons. The minimum atomic E-state index is -1.50. The van der Waals surface area contributed by atoms with Crippen molar-refractivity contribution in [3.8, 4) is 0 Å². The summed E-state index contributed by atoms with van der Waals surface area (Å²) >= 11 is 0. The van der Waals surface area contributed by atoms with Crippen molar-refractivity contribution in [2.75, 3.05) is 19.8 Å². The molecule has 12 unspecified atom stereocenters. The fourth-order valence-corrected chi connectivity index (χ4v) is 6.99. The summed E-state index contributed by atoms with van der Waals surface area (Å²) in [6, 6.07) is 0. The van der Waals surface area contributed by atoms with E-state index in [1.54, 1.807) is 6.92 Å². The van der Waals surface area contributed by atoms with Crippen LogP contribution in [0.4, 0.5) is 0 Å². The predicted octanol–water partition coefficient (Wildman–Crippen LogP) is -0.787. The number of ether oxygens (including phenoxy) is 2. The second-order valence-corrected chi connectivity index (χ2v) is 11.5. The van der Waals surface area contributed by atoms with E-state index in [1.165, 1.54) is 0 Å². The number of hydrogen-bond acceptors (Lipinski definition) is 10. The van der Waals surface area contributed by atoms with Gasteiger partial charge in [0.05, 0.1) is 38.1 Å². The molecular weight excluding hydrogens is 472 g/mol. The van der Waals surface area contributed by atoms with Crippen LogP contribution < -0.4 is 0 Å². The summed E-state index contributed by atoms with van der Waals surface area (Å²) in [5, 5.41) is 81.7.